The number of H-pyrrole nitrogens is 1. The number of rotatable bonds is 6. The highest BCUT2D eigenvalue weighted by Gasteiger charge is 2.16. The molecule has 0 aliphatic rings. The molecule has 3 aromatic rings. The van der Waals surface area contributed by atoms with E-state index in [9.17, 15) is 9.59 Å². The van der Waals surface area contributed by atoms with E-state index in [0.29, 0.717) is 29.6 Å². The van der Waals surface area contributed by atoms with Crippen molar-refractivity contribution < 1.29 is 23.5 Å². The molecule has 0 aliphatic carbocycles. The molecule has 0 aliphatic heterocycles. The summed E-state index contributed by atoms with van der Waals surface area (Å²) in [5.74, 6) is 0.285. The summed E-state index contributed by atoms with van der Waals surface area (Å²) < 4.78 is 15.2. The van der Waals surface area contributed by atoms with E-state index in [1.54, 1.807) is 24.3 Å². The Bertz CT molecular complexity index is 885. The van der Waals surface area contributed by atoms with E-state index in [1.165, 1.54) is 20.3 Å². The zero-order chi connectivity index (χ0) is 18.5. The van der Waals surface area contributed by atoms with Gasteiger partial charge in [0.2, 0.25) is 0 Å². The van der Waals surface area contributed by atoms with Crippen molar-refractivity contribution in [3.63, 3.8) is 0 Å². The number of nitrogens with one attached hydrogen (secondary N) is 2. The third-order valence-electron chi connectivity index (χ3n) is 3.49. The molecule has 0 atom stereocenters. The Morgan fingerprint density at radius 1 is 1.12 bits per heavy atom. The van der Waals surface area contributed by atoms with Gasteiger partial charge in [-0.05, 0) is 35.5 Å². The van der Waals surface area contributed by atoms with E-state index in [4.69, 9.17) is 13.9 Å². The molecule has 0 amide bonds. The van der Waals surface area contributed by atoms with Crippen LogP contribution in [-0.2, 0) is 16.0 Å². The number of tetrazole rings is 1. The van der Waals surface area contributed by atoms with E-state index < -0.39 is 11.9 Å². The summed E-state index contributed by atoms with van der Waals surface area (Å²) in [6.45, 7) is 0.333. The first kappa shape index (κ1) is 17.1. The second kappa shape index (κ2) is 7.47. The Labute approximate surface area is 147 Å². The van der Waals surface area contributed by atoms with Crippen LogP contribution < -0.4 is 5.32 Å². The van der Waals surface area contributed by atoms with Crippen molar-refractivity contribution in [1.29, 1.82) is 0 Å². The van der Waals surface area contributed by atoms with Gasteiger partial charge < -0.3 is 19.2 Å². The minimum atomic E-state index is -0.567. The second-order valence-corrected chi connectivity index (χ2v) is 5.14. The van der Waals surface area contributed by atoms with Gasteiger partial charge >= 0.3 is 11.9 Å². The van der Waals surface area contributed by atoms with E-state index in [1.807, 2.05) is 0 Å². The van der Waals surface area contributed by atoms with Crippen LogP contribution in [0, 0.1) is 0 Å². The van der Waals surface area contributed by atoms with Crippen LogP contribution in [0.1, 0.15) is 26.5 Å². The number of esters is 2. The van der Waals surface area contributed by atoms with Crippen molar-refractivity contribution in [2.45, 2.75) is 6.54 Å². The molecule has 3 rings (SSSR count). The summed E-state index contributed by atoms with van der Waals surface area (Å²) in [5.41, 5.74) is 0.973. The Kier molecular flexibility index (Phi) is 4.92. The Balaban J connectivity index is 1.87. The summed E-state index contributed by atoms with van der Waals surface area (Å²) in [6, 6.07) is 8.04. The molecule has 0 radical (unpaired) electrons. The van der Waals surface area contributed by atoms with Crippen molar-refractivity contribution in [1.82, 2.24) is 20.6 Å². The van der Waals surface area contributed by atoms with Crippen LogP contribution in [0.3, 0.4) is 0 Å². The lowest BCUT2D eigenvalue weighted by atomic mass is 10.0. The van der Waals surface area contributed by atoms with Crippen LogP contribution in [0.15, 0.2) is 34.7 Å². The summed E-state index contributed by atoms with van der Waals surface area (Å²) in [6.07, 6.45) is 0. The van der Waals surface area contributed by atoms with Gasteiger partial charge in [0.15, 0.2) is 0 Å². The highest BCUT2D eigenvalue weighted by molar-refractivity contribution is 5.97. The lowest BCUT2D eigenvalue weighted by Gasteiger charge is -2.06. The standard InChI is InChI=1S/C16H15N5O5/c1-24-14(22)10-5-9(6-11(7-10)15(23)25-2)13-4-3-12(26-13)8-17-16-18-20-21-19-16/h3-7H,8H2,1-2H3,(H2,17,18,19,20,21). The second-order valence-electron chi connectivity index (χ2n) is 5.14. The number of furan rings is 1. The molecular formula is C16H15N5O5. The number of carbonyl (C=O) groups excluding carboxylic acids is 2. The van der Waals surface area contributed by atoms with E-state index in [2.05, 4.69) is 25.9 Å². The zero-order valence-corrected chi connectivity index (χ0v) is 14.0. The van der Waals surface area contributed by atoms with Crippen LogP contribution in [0.25, 0.3) is 11.3 Å². The SMILES string of the molecule is COC(=O)c1cc(C(=O)OC)cc(-c2ccc(CNc3nn[nH]n3)o2)c1. The number of anilines is 1. The molecule has 0 bridgehead atoms. The van der Waals surface area contributed by atoms with E-state index >= 15 is 0 Å². The molecule has 10 heteroatoms. The predicted molar refractivity (Wildman–Crippen MR) is 88.3 cm³/mol. The molecule has 0 fully saturated rings. The van der Waals surface area contributed by atoms with E-state index in [-0.39, 0.29) is 11.1 Å². The molecule has 2 heterocycles. The van der Waals surface area contributed by atoms with Gasteiger partial charge in [-0.25, -0.2) is 9.59 Å². The van der Waals surface area contributed by atoms with E-state index in [0.717, 1.165) is 0 Å². The van der Waals surface area contributed by atoms with Crippen molar-refractivity contribution in [2.75, 3.05) is 19.5 Å². The highest BCUT2D eigenvalue weighted by Crippen LogP contribution is 2.26. The average Bonchev–Trinajstić information content (AvgIpc) is 3.36. The Morgan fingerprint density at radius 3 is 2.38 bits per heavy atom. The number of benzene rings is 1. The van der Waals surface area contributed by atoms with Crippen molar-refractivity contribution >= 4 is 17.9 Å². The summed E-state index contributed by atoms with van der Waals surface area (Å²) >= 11 is 0. The first-order valence-electron chi connectivity index (χ1n) is 7.49. The monoisotopic (exact) mass is 357 g/mol. The zero-order valence-electron chi connectivity index (χ0n) is 14.0. The quantitative estimate of drug-likeness (QED) is 0.632. The molecule has 2 aromatic heterocycles. The van der Waals surface area contributed by atoms with Gasteiger partial charge in [0.25, 0.3) is 5.95 Å². The topological polar surface area (TPSA) is 132 Å². The molecular weight excluding hydrogens is 342 g/mol. The van der Waals surface area contributed by atoms with Crippen LogP contribution in [0.2, 0.25) is 0 Å². The lowest BCUT2D eigenvalue weighted by Crippen LogP contribution is -2.07. The number of aromatic amines is 1. The van der Waals surface area contributed by atoms with Crippen LogP contribution in [0.4, 0.5) is 5.95 Å². The Morgan fingerprint density at radius 2 is 1.81 bits per heavy atom. The minimum absolute atomic E-state index is 0.216. The summed E-state index contributed by atoms with van der Waals surface area (Å²) in [7, 11) is 2.53. The van der Waals surface area contributed by atoms with Gasteiger partial charge in [-0.2, -0.15) is 5.21 Å². The number of ether oxygens (including phenoxy) is 2. The molecule has 1 aromatic carbocycles. The van der Waals surface area contributed by atoms with Gasteiger partial charge in [-0.3, -0.25) is 0 Å². The molecule has 0 saturated carbocycles. The maximum atomic E-state index is 11.9. The number of nitrogens with zero attached hydrogens (tertiary/aromatic N) is 3. The van der Waals surface area contributed by atoms with Gasteiger partial charge in [0, 0.05) is 5.56 Å². The molecule has 0 spiro atoms. The molecule has 26 heavy (non-hydrogen) atoms. The van der Waals surface area contributed by atoms with Crippen LogP contribution in [0.5, 0.6) is 0 Å². The maximum absolute atomic E-state index is 11.9. The smallest absolute Gasteiger partial charge is 0.337 e. The Hall–Kier alpha value is -3.69. The fourth-order valence-corrected chi connectivity index (χ4v) is 2.27. The number of aromatic nitrogens is 4. The largest absolute Gasteiger partial charge is 0.465 e. The van der Waals surface area contributed by atoms with Crippen LogP contribution >= 0.6 is 0 Å². The fourth-order valence-electron chi connectivity index (χ4n) is 2.27. The highest BCUT2D eigenvalue weighted by atomic mass is 16.5. The first-order chi connectivity index (χ1) is 12.6. The predicted octanol–water partition coefficient (Wildman–Crippen LogP) is 1.64. The van der Waals surface area contributed by atoms with Gasteiger partial charge in [0.1, 0.15) is 11.5 Å². The molecule has 0 unspecified atom stereocenters. The number of hydrogen-bond acceptors (Lipinski definition) is 9. The fraction of sp³-hybridized carbons (Fsp3) is 0.188. The molecule has 0 saturated heterocycles. The lowest BCUT2D eigenvalue weighted by molar-refractivity contribution is 0.0599. The van der Waals surface area contributed by atoms with Gasteiger partial charge in [-0.1, -0.05) is 5.10 Å². The maximum Gasteiger partial charge on any atom is 0.337 e. The normalized spacial score (nSPS) is 10.4. The van der Waals surface area contributed by atoms with Crippen LogP contribution in [-0.4, -0.2) is 46.8 Å². The van der Waals surface area contributed by atoms with Gasteiger partial charge in [0.05, 0.1) is 31.9 Å². The third kappa shape index (κ3) is 3.69. The molecule has 134 valence electrons. The van der Waals surface area contributed by atoms with Crippen molar-refractivity contribution in [2.24, 2.45) is 0 Å². The molecule has 10 nitrogen and oxygen atoms in total. The van der Waals surface area contributed by atoms with Crippen molar-refractivity contribution in [3.8, 4) is 11.3 Å². The minimum Gasteiger partial charge on any atom is -0.465 e. The third-order valence-corrected chi connectivity index (χ3v) is 3.49. The molecule has 2 N–H and O–H groups in total. The van der Waals surface area contributed by atoms with Crippen molar-refractivity contribution in [3.05, 3.63) is 47.2 Å². The summed E-state index contributed by atoms with van der Waals surface area (Å²) in [4.78, 5) is 23.7. The number of hydrogen-bond donors (Lipinski definition) is 2. The number of carbonyl (C=O) groups is 2. The number of methoxy groups -OCH3 is 2. The van der Waals surface area contributed by atoms with Gasteiger partial charge in [-0.15, -0.1) is 5.10 Å². The first-order valence-corrected chi connectivity index (χ1v) is 7.49. The summed E-state index contributed by atoms with van der Waals surface area (Å²) in [5, 5.41) is 16.2. The average molecular weight is 357 g/mol.